The Bertz CT molecular complexity index is 379. The van der Waals surface area contributed by atoms with Crippen molar-refractivity contribution in [2.24, 2.45) is 0 Å². The Morgan fingerprint density at radius 3 is 2.74 bits per heavy atom. The molecule has 19 heavy (non-hydrogen) atoms. The highest BCUT2D eigenvalue weighted by Gasteiger charge is 2.22. The first-order chi connectivity index (χ1) is 9.17. The fourth-order valence-corrected chi connectivity index (χ4v) is 2.95. The van der Waals surface area contributed by atoms with Gasteiger partial charge in [-0.05, 0) is 56.7 Å². The summed E-state index contributed by atoms with van der Waals surface area (Å²) in [6.45, 7) is 2.19. The molecule has 3 atom stereocenters. The van der Waals surface area contributed by atoms with Crippen LogP contribution < -0.4 is 5.32 Å². The predicted octanol–water partition coefficient (Wildman–Crippen LogP) is 3.30. The number of ether oxygens (including phenoxy) is 1. The Kier molecular flexibility index (Phi) is 5.34. The van der Waals surface area contributed by atoms with E-state index in [-0.39, 0.29) is 5.82 Å². The van der Waals surface area contributed by atoms with Crippen LogP contribution in [-0.2, 0) is 11.2 Å². The fourth-order valence-electron chi connectivity index (χ4n) is 2.95. The third kappa shape index (κ3) is 4.59. The minimum atomic E-state index is -0.167. The van der Waals surface area contributed by atoms with Gasteiger partial charge in [-0.25, -0.2) is 4.39 Å². The quantitative estimate of drug-likeness (QED) is 0.882. The number of hydrogen-bond donors (Lipinski definition) is 1. The van der Waals surface area contributed by atoms with E-state index < -0.39 is 0 Å². The molecule has 0 aromatic heterocycles. The minimum Gasteiger partial charge on any atom is -0.381 e. The summed E-state index contributed by atoms with van der Waals surface area (Å²) in [7, 11) is 1.80. The van der Waals surface area contributed by atoms with Gasteiger partial charge in [-0.2, -0.15) is 0 Å². The van der Waals surface area contributed by atoms with Crippen LogP contribution in [0.15, 0.2) is 24.3 Å². The van der Waals surface area contributed by atoms with E-state index in [0.29, 0.717) is 18.2 Å². The lowest BCUT2D eigenvalue weighted by molar-refractivity contribution is 0.0573. The van der Waals surface area contributed by atoms with E-state index in [2.05, 4.69) is 12.2 Å². The topological polar surface area (TPSA) is 21.3 Å². The highest BCUT2D eigenvalue weighted by atomic mass is 19.1. The molecule has 2 nitrogen and oxygen atoms in total. The molecule has 0 heterocycles. The SMILES string of the molecule is COC1CCCC(NC(C)Cc2ccc(F)cc2)C1. The van der Waals surface area contributed by atoms with Crippen molar-refractivity contribution in [1.82, 2.24) is 5.32 Å². The summed E-state index contributed by atoms with van der Waals surface area (Å²) in [4.78, 5) is 0. The van der Waals surface area contributed by atoms with Crippen LogP contribution in [0.1, 0.15) is 38.2 Å². The van der Waals surface area contributed by atoms with E-state index in [1.165, 1.54) is 37.0 Å². The Morgan fingerprint density at radius 1 is 1.32 bits per heavy atom. The molecule has 1 aromatic rings. The first-order valence-corrected chi connectivity index (χ1v) is 7.20. The van der Waals surface area contributed by atoms with Crippen molar-refractivity contribution >= 4 is 0 Å². The van der Waals surface area contributed by atoms with Crippen LogP contribution in [0.2, 0.25) is 0 Å². The molecule has 1 N–H and O–H groups in total. The zero-order chi connectivity index (χ0) is 13.7. The minimum absolute atomic E-state index is 0.167. The van der Waals surface area contributed by atoms with Crippen molar-refractivity contribution in [3.05, 3.63) is 35.6 Å². The van der Waals surface area contributed by atoms with E-state index in [1.54, 1.807) is 7.11 Å². The van der Waals surface area contributed by atoms with Gasteiger partial charge in [0.1, 0.15) is 5.82 Å². The molecule has 0 saturated heterocycles. The van der Waals surface area contributed by atoms with Crippen LogP contribution in [0.25, 0.3) is 0 Å². The summed E-state index contributed by atoms with van der Waals surface area (Å²) in [5.41, 5.74) is 1.18. The van der Waals surface area contributed by atoms with E-state index in [9.17, 15) is 4.39 Å². The third-order valence-electron chi connectivity index (χ3n) is 3.93. The number of hydrogen-bond acceptors (Lipinski definition) is 2. The number of rotatable bonds is 5. The van der Waals surface area contributed by atoms with Gasteiger partial charge in [0.25, 0.3) is 0 Å². The maximum atomic E-state index is 12.8. The lowest BCUT2D eigenvalue weighted by Crippen LogP contribution is -2.42. The van der Waals surface area contributed by atoms with E-state index >= 15 is 0 Å². The van der Waals surface area contributed by atoms with Crippen molar-refractivity contribution in [2.75, 3.05) is 7.11 Å². The van der Waals surface area contributed by atoms with Gasteiger partial charge in [-0.1, -0.05) is 12.1 Å². The average Bonchev–Trinajstić information content (AvgIpc) is 2.41. The fraction of sp³-hybridized carbons (Fsp3) is 0.625. The van der Waals surface area contributed by atoms with E-state index in [1.807, 2.05) is 12.1 Å². The number of benzene rings is 1. The molecular weight excluding hydrogens is 241 g/mol. The average molecular weight is 265 g/mol. The Balaban J connectivity index is 1.80. The standard InChI is InChI=1S/C16H24FNO/c1-12(10-13-6-8-14(17)9-7-13)18-15-4-3-5-16(11-15)19-2/h6-9,12,15-16,18H,3-5,10-11H2,1-2H3. The van der Waals surface area contributed by atoms with Gasteiger partial charge >= 0.3 is 0 Å². The lowest BCUT2D eigenvalue weighted by atomic mass is 9.92. The van der Waals surface area contributed by atoms with Gasteiger partial charge in [0.2, 0.25) is 0 Å². The van der Waals surface area contributed by atoms with Crippen LogP contribution in [0.4, 0.5) is 4.39 Å². The second kappa shape index (κ2) is 7.01. The first-order valence-electron chi connectivity index (χ1n) is 7.20. The van der Waals surface area contributed by atoms with Crippen molar-refractivity contribution < 1.29 is 9.13 Å². The van der Waals surface area contributed by atoms with Crippen molar-refractivity contribution in [3.63, 3.8) is 0 Å². The highest BCUT2D eigenvalue weighted by Crippen LogP contribution is 2.21. The Hall–Kier alpha value is -0.930. The van der Waals surface area contributed by atoms with Crippen molar-refractivity contribution in [3.8, 4) is 0 Å². The normalized spacial score (nSPS) is 25.2. The molecule has 0 amide bonds. The number of nitrogens with one attached hydrogen (secondary N) is 1. The maximum absolute atomic E-state index is 12.8. The molecule has 3 unspecified atom stereocenters. The summed E-state index contributed by atoms with van der Waals surface area (Å²) in [5, 5.41) is 3.67. The molecule has 1 aromatic carbocycles. The number of halogens is 1. The molecule has 1 aliphatic rings. The summed E-state index contributed by atoms with van der Waals surface area (Å²) < 4.78 is 18.3. The maximum Gasteiger partial charge on any atom is 0.123 e. The molecule has 2 rings (SSSR count). The second-order valence-corrected chi connectivity index (χ2v) is 5.62. The Morgan fingerprint density at radius 2 is 2.05 bits per heavy atom. The van der Waals surface area contributed by atoms with Crippen molar-refractivity contribution in [2.45, 2.75) is 57.2 Å². The van der Waals surface area contributed by atoms with Gasteiger partial charge in [0.05, 0.1) is 6.10 Å². The smallest absolute Gasteiger partial charge is 0.123 e. The van der Waals surface area contributed by atoms with Crippen molar-refractivity contribution in [1.29, 1.82) is 0 Å². The highest BCUT2D eigenvalue weighted by molar-refractivity contribution is 5.17. The zero-order valence-electron chi connectivity index (χ0n) is 11.9. The summed E-state index contributed by atoms with van der Waals surface area (Å²) >= 11 is 0. The summed E-state index contributed by atoms with van der Waals surface area (Å²) in [6.07, 6.45) is 6.09. The molecule has 1 aliphatic carbocycles. The molecule has 106 valence electrons. The van der Waals surface area contributed by atoms with Crippen LogP contribution in [0, 0.1) is 5.82 Å². The molecule has 0 spiro atoms. The van der Waals surface area contributed by atoms with Gasteiger partial charge in [0, 0.05) is 19.2 Å². The van der Waals surface area contributed by atoms with Gasteiger partial charge < -0.3 is 10.1 Å². The number of methoxy groups -OCH3 is 1. The predicted molar refractivity (Wildman–Crippen MR) is 75.8 cm³/mol. The third-order valence-corrected chi connectivity index (χ3v) is 3.93. The molecule has 0 bridgehead atoms. The summed E-state index contributed by atoms with van der Waals surface area (Å²) in [6, 6.07) is 7.76. The van der Waals surface area contributed by atoms with Crippen LogP contribution in [0.3, 0.4) is 0 Å². The largest absolute Gasteiger partial charge is 0.381 e. The molecule has 1 saturated carbocycles. The first kappa shape index (κ1) is 14.5. The monoisotopic (exact) mass is 265 g/mol. The van der Waals surface area contributed by atoms with Crippen LogP contribution in [0.5, 0.6) is 0 Å². The summed E-state index contributed by atoms with van der Waals surface area (Å²) in [5.74, 6) is -0.167. The second-order valence-electron chi connectivity index (χ2n) is 5.62. The van der Waals surface area contributed by atoms with Crippen LogP contribution >= 0.6 is 0 Å². The molecule has 3 heteroatoms. The van der Waals surface area contributed by atoms with Gasteiger partial charge in [-0.3, -0.25) is 0 Å². The van der Waals surface area contributed by atoms with Gasteiger partial charge in [-0.15, -0.1) is 0 Å². The lowest BCUT2D eigenvalue weighted by Gasteiger charge is -2.31. The van der Waals surface area contributed by atoms with E-state index in [0.717, 1.165) is 12.8 Å². The van der Waals surface area contributed by atoms with Gasteiger partial charge in [0.15, 0.2) is 0 Å². The molecule has 0 radical (unpaired) electrons. The Labute approximate surface area is 115 Å². The molecular formula is C16H24FNO. The van der Waals surface area contributed by atoms with Crippen LogP contribution in [-0.4, -0.2) is 25.3 Å². The zero-order valence-corrected chi connectivity index (χ0v) is 11.9. The van der Waals surface area contributed by atoms with E-state index in [4.69, 9.17) is 4.74 Å². The molecule has 0 aliphatic heterocycles. The molecule has 1 fully saturated rings.